The lowest BCUT2D eigenvalue weighted by Crippen LogP contribution is -2.37. The fourth-order valence-corrected chi connectivity index (χ4v) is 2.86. The SMILES string of the molecule is CCN(CC)CC(C)(C)COC(=O)c1ccc(-c2ccc(C(F)(F)F)cc2)o1. The second-order valence-corrected chi connectivity index (χ2v) is 7.44. The van der Waals surface area contributed by atoms with Crippen molar-refractivity contribution < 1.29 is 27.1 Å². The average Bonchev–Trinajstić information content (AvgIpc) is 3.14. The van der Waals surface area contributed by atoms with Crippen molar-refractivity contribution in [2.24, 2.45) is 5.41 Å². The molecule has 0 saturated carbocycles. The van der Waals surface area contributed by atoms with Crippen LogP contribution in [0.2, 0.25) is 0 Å². The third kappa shape index (κ3) is 5.86. The van der Waals surface area contributed by atoms with Gasteiger partial charge in [-0.1, -0.05) is 39.8 Å². The first-order chi connectivity index (χ1) is 13.1. The zero-order valence-corrected chi connectivity index (χ0v) is 16.6. The molecule has 0 saturated heterocycles. The second kappa shape index (κ2) is 8.82. The number of alkyl halides is 3. The van der Waals surface area contributed by atoms with Gasteiger partial charge in [-0.15, -0.1) is 0 Å². The first-order valence-electron chi connectivity index (χ1n) is 9.22. The van der Waals surface area contributed by atoms with Crippen LogP contribution in [0.25, 0.3) is 11.3 Å². The van der Waals surface area contributed by atoms with Crippen molar-refractivity contribution in [3.63, 3.8) is 0 Å². The molecule has 0 amide bonds. The minimum atomic E-state index is -4.39. The molecule has 1 aromatic carbocycles. The van der Waals surface area contributed by atoms with Crippen molar-refractivity contribution >= 4 is 5.97 Å². The molecule has 2 rings (SSSR count). The van der Waals surface area contributed by atoms with Crippen LogP contribution in [0, 0.1) is 5.41 Å². The van der Waals surface area contributed by atoms with Crippen LogP contribution in [0.3, 0.4) is 0 Å². The molecule has 7 heteroatoms. The number of rotatable bonds is 8. The standard InChI is InChI=1S/C21H26F3NO3/c1-5-25(6-2)13-20(3,4)14-27-19(26)18-12-11-17(28-18)15-7-9-16(10-8-15)21(22,23)24/h7-12H,5-6,13-14H2,1-4H3. The quantitative estimate of drug-likeness (QED) is 0.553. The molecule has 0 unspecified atom stereocenters. The molecule has 28 heavy (non-hydrogen) atoms. The van der Waals surface area contributed by atoms with E-state index >= 15 is 0 Å². The van der Waals surface area contributed by atoms with Gasteiger partial charge in [-0.05, 0) is 37.4 Å². The number of carbonyl (C=O) groups is 1. The van der Waals surface area contributed by atoms with Gasteiger partial charge in [0.1, 0.15) is 5.76 Å². The Morgan fingerprint density at radius 3 is 2.18 bits per heavy atom. The molecule has 0 bridgehead atoms. The van der Waals surface area contributed by atoms with Gasteiger partial charge in [0, 0.05) is 17.5 Å². The number of hydrogen-bond donors (Lipinski definition) is 0. The number of esters is 1. The first-order valence-corrected chi connectivity index (χ1v) is 9.22. The summed E-state index contributed by atoms with van der Waals surface area (Å²) < 4.78 is 48.8. The van der Waals surface area contributed by atoms with Gasteiger partial charge in [0.2, 0.25) is 5.76 Å². The highest BCUT2D eigenvalue weighted by atomic mass is 19.4. The molecule has 1 aromatic heterocycles. The van der Waals surface area contributed by atoms with E-state index in [0.717, 1.165) is 31.8 Å². The molecule has 0 aliphatic carbocycles. The molecule has 2 aromatic rings. The summed E-state index contributed by atoms with van der Waals surface area (Å²) in [5.41, 5.74) is -0.503. The highest BCUT2D eigenvalue weighted by Gasteiger charge is 2.30. The molecule has 0 aliphatic rings. The topological polar surface area (TPSA) is 42.7 Å². The van der Waals surface area contributed by atoms with E-state index in [0.29, 0.717) is 11.3 Å². The Morgan fingerprint density at radius 1 is 1.04 bits per heavy atom. The van der Waals surface area contributed by atoms with Crippen LogP contribution in [0.5, 0.6) is 0 Å². The minimum Gasteiger partial charge on any atom is -0.459 e. The molecule has 154 valence electrons. The lowest BCUT2D eigenvalue weighted by Gasteiger charge is -2.30. The maximum absolute atomic E-state index is 12.6. The van der Waals surface area contributed by atoms with E-state index < -0.39 is 17.7 Å². The summed E-state index contributed by atoms with van der Waals surface area (Å²) in [5.74, 6) is -0.262. The highest BCUT2D eigenvalue weighted by molar-refractivity contribution is 5.87. The summed E-state index contributed by atoms with van der Waals surface area (Å²) in [7, 11) is 0. The largest absolute Gasteiger partial charge is 0.459 e. The number of halogens is 3. The molecule has 0 spiro atoms. The first kappa shape index (κ1) is 22.0. The summed E-state index contributed by atoms with van der Waals surface area (Å²) in [6, 6.07) is 7.58. The number of hydrogen-bond acceptors (Lipinski definition) is 4. The van der Waals surface area contributed by atoms with Gasteiger partial charge in [0.05, 0.1) is 12.2 Å². The maximum Gasteiger partial charge on any atom is 0.416 e. The van der Waals surface area contributed by atoms with Crippen molar-refractivity contribution in [2.45, 2.75) is 33.9 Å². The smallest absolute Gasteiger partial charge is 0.416 e. The fourth-order valence-electron chi connectivity index (χ4n) is 2.86. The molecular weight excluding hydrogens is 371 g/mol. The molecule has 1 heterocycles. The number of nitrogens with zero attached hydrogens (tertiary/aromatic N) is 1. The molecule has 0 N–H and O–H groups in total. The van der Waals surface area contributed by atoms with Crippen molar-refractivity contribution in [3.8, 4) is 11.3 Å². The maximum atomic E-state index is 12.6. The van der Waals surface area contributed by atoms with E-state index in [9.17, 15) is 18.0 Å². The number of carbonyl (C=O) groups excluding carboxylic acids is 1. The summed E-state index contributed by atoms with van der Waals surface area (Å²) >= 11 is 0. The van der Waals surface area contributed by atoms with E-state index in [1.807, 2.05) is 13.8 Å². The van der Waals surface area contributed by atoms with Crippen LogP contribution in [-0.4, -0.2) is 37.1 Å². The summed E-state index contributed by atoms with van der Waals surface area (Å²) in [5, 5.41) is 0. The predicted octanol–water partition coefficient (Wildman–Crippen LogP) is 5.49. The summed E-state index contributed by atoms with van der Waals surface area (Å²) in [6.45, 7) is 11.1. The fraction of sp³-hybridized carbons (Fsp3) is 0.476. The minimum absolute atomic E-state index is 0.0218. The highest BCUT2D eigenvalue weighted by Crippen LogP contribution is 2.31. The third-order valence-electron chi connectivity index (χ3n) is 4.44. The lowest BCUT2D eigenvalue weighted by molar-refractivity contribution is -0.137. The summed E-state index contributed by atoms with van der Waals surface area (Å²) in [4.78, 5) is 14.5. The molecule has 0 aliphatic heterocycles. The van der Waals surface area contributed by atoms with Gasteiger partial charge in [-0.25, -0.2) is 4.79 Å². The average molecular weight is 397 g/mol. The molecule has 0 radical (unpaired) electrons. The van der Waals surface area contributed by atoms with Crippen LogP contribution < -0.4 is 0 Å². The number of furan rings is 1. The molecule has 0 atom stereocenters. The van der Waals surface area contributed by atoms with Crippen LogP contribution in [-0.2, 0) is 10.9 Å². The van der Waals surface area contributed by atoms with E-state index in [1.54, 1.807) is 6.07 Å². The molecular formula is C21H26F3NO3. The van der Waals surface area contributed by atoms with Crippen molar-refractivity contribution in [3.05, 3.63) is 47.7 Å². The Morgan fingerprint density at radius 2 is 1.64 bits per heavy atom. The number of benzene rings is 1. The normalized spacial score (nSPS) is 12.4. The van der Waals surface area contributed by atoms with Crippen molar-refractivity contribution in [1.29, 1.82) is 0 Å². The van der Waals surface area contributed by atoms with Crippen LogP contribution in [0.4, 0.5) is 13.2 Å². The third-order valence-corrected chi connectivity index (χ3v) is 4.44. The Labute approximate surface area is 163 Å². The Bertz CT molecular complexity index is 775. The van der Waals surface area contributed by atoms with E-state index in [4.69, 9.17) is 9.15 Å². The van der Waals surface area contributed by atoms with Crippen LogP contribution >= 0.6 is 0 Å². The van der Waals surface area contributed by atoms with Crippen molar-refractivity contribution in [1.82, 2.24) is 4.90 Å². The molecule has 4 nitrogen and oxygen atoms in total. The number of ether oxygens (including phenoxy) is 1. The lowest BCUT2D eigenvalue weighted by atomic mass is 9.94. The van der Waals surface area contributed by atoms with Crippen LogP contribution in [0.1, 0.15) is 43.8 Å². The van der Waals surface area contributed by atoms with Gasteiger partial charge < -0.3 is 14.1 Å². The Hall–Kier alpha value is -2.28. The zero-order valence-electron chi connectivity index (χ0n) is 16.6. The van der Waals surface area contributed by atoms with E-state index in [2.05, 4.69) is 18.7 Å². The second-order valence-electron chi connectivity index (χ2n) is 7.44. The van der Waals surface area contributed by atoms with Crippen molar-refractivity contribution in [2.75, 3.05) is 26.2 Å². The zero-order chi connectivity index (χ0) is 20.9. The van der Waals surface area contributed by atoms with Gasteiger partial charge in [0.25, 0.3) is 0 Å². The van der Waals surface area contributed by atoms with Gasteiger partial charge in [-0.3, -0.25) is 0 Å². The Balaban J connectivity index is 2.00. The van der Waals surface area contributed by atoms with Gasteiger partial charge >= 0.3 is 12.1 Å². The summed E-state index contributed by atoms with van der Waals surface area (Å²) in [6.07, 6.45) is -4.39. The van der Waals surface area contributed by atoms with Crippen LogP contribution in [0.15, 0.2) is 40.8 Å². The van der Waals surface area contributed by atoms with E-state index in [-0.39, 0.29) is 17.8 Å². The molecule has 0 fully saturated rings. The predicted molar refractivity (Wildman–Crippen MR) is 101 cm³/mol. The van der Waals surface area contributed by atoms with Gasteiger partial charge in [0.15, 0.2) is 0 Å². The van der Waals surface area contributed by atoms with E-state index in [1.165, 1.54) is 18.2 Å². The Kier molecular flexibility index (Phi) is 6.93. The van der Waals surface area contributed by atoms with Gasteiger partial charge in [-0.2, -0.15) is 13.2 Å². The monoisotopic (exact) mass is 397 g/mol.